The predicted molar refractivity (Wildman–Crippen MR) is 59.4 cm³/mol. The minimum atomic E-state index is 0.153. The predicted octanol–water partition coefficient (Wildman–Crippen LogP) is 1.65. The summed E-state index contributed by atoms with van der Waals surface area (Å²) >= 11 is 5.88. The number of rotatable bonds is 2. The van der Waals surface area contributed by atoms with Crippen molar-refractivity contribution in [3.63, 3.8) is 0 Å². The van der Waals surface area contributed by atoms with Crippen molar-refractivity contribution < 1.29 is 4.79 Å². The molecule has 2 rings (SSSR count). The SMILES string of the molecule is Cc1nc(Cl)c(C=O)c(-c2nccn2C)n1. The van der Waals surface area contributed by atoms with Crippen LogP contribution in [0.25, 0.3) is 11.5 Å². The molecule has 16 heavy (non-hydrogen) atoms. The molecule has 2 aromatic heterocycles. The first-order valence-corrected chi connectivity index (χ1v) is 4.98. The molecule has 0 saturated carbocycles. The van der Waals surface area contributed by atoms with E-state index in [0.29, 0.717) is 23.6 Å². The standard InChI is InChI=1S/C10H9ClN4O/c1-6-13-8(7(5-16)9(11)14-6)10-12-3-4-15(10)2/h3-5H,1-2H3. The Morgan fingerprint density at radius 1 is 1.44 bits per heavy atom. The van der Waals surface area contributed by atoms with E-state index in [9.17, 15) is 4.79 Å². The van der Waals surface area contributed by atoms with Crippen LogP contribution in [0.15, 0.2) is 12.4 Å². The maximum absolute atomic E-state index is 11.0. The zero-order valence-corrected chi connectivity index (χ0v) is 9.56. The van der Waals surface area contributed by atoms with Crippen molar-refractivity contribution in [3.8, 4) is 11.5 Å². The summed E-state index contributed by atoms with van der Waals surface area (Å²) in [6, 6.07) is 0. The average molecular weight is 237 g/mol. The Hall–Kier alpha value is -1.75. The maximum atomic E-state index is 11.0. The van der Waals surface area contributed by atoms with Crippen LogP contribution in [-0.4, -0.2) is 25.8 Å². The number of hydrogen-bond donors (Lipinski definition) is 0. The molecule has 0 spiro atoms. The van der Waals surface area contributed by atoms with Crippen LogP contribution in [0.5, 0.6) is 0 Å². The molecule has 0 saturated heterocycles. The number of carbonyl (C=O) groups is 1. The Labute approximate surface area is 97.1 Å². The molecule has 82 valence electrons. The van der Waals surface area contributed by atoms with Crippen molar-refractivity contribution in [1.29, 1.82) is 0 Å². The highest BCUT2D eigenvalue weighted by molar-refractivity contribution is 6.32. The summed E-state index contributed by atoms with van der Waals surface area (Å²) < 4.78 is 1.77. The number of aryl methyl sites for hydroxylation is 2. The Balaban J connectivity index is 2.73. The number of nitrogens with zero attached hydrogens (tertiary/aromatic N) is 4. The summed E-state index contributed by atoms with van der Waals surface area (Å²) in [4.78, 5) is 23.2. The van der Waals surface area contributed by atoms with Gasteiger partial charge in [-0.1, -0.05) is 11.6 Å². The summed E-state index contributed by atoms with van der Waals surface area (Å²) in [5.41, 5.74) is 0.724. The maximum Gasteiger partial charge on any atom is 0.159 e. The normalized spacial score (nSPS) is 10.4. The van der Waals surface area contributed by atoms with E-state index >= 15 is 0 Å². The van der Waals surface area contributed by atoms with Crippen molar-refractivity contribution in [2.75, 3.05) is 0 Å². The van der Waals surface area contributed by atoms with E-state index in [1.54, 1.807) is 23.9 Å². The summed E-state index contributed by atoms with van der Waals surface area (Å²) in [6.45, 7) is 1.72. The van der Waals surface area contributed by atoms with Gasteiger partial charge in [-0.3, -0.25) is 4.79 Å². The van der Waals surface area contributed by atoms with Crippen LogP contribution in [0.2, 0.25) is 5.15 Å². The van der Waals surface area contributed by atoms with Crippen LogP contribution < -0.4 is 0 Å². The number of imidazole rings is 1. The lowest BCUT2D eigenvalue weighted by Gasteiger charge is -2.06. The van der Waals surface area contributed by atoms with Gasteiger partial charge in [0.15, 0.2) is 12.1 Å². The van der Waals surface area contributed by atoms with Crippen molar-refractivity contribution in [3.05, 3.63) is 28.9 Å². The molecule has 0 fully saturated rings. The van der Waals surface area contributed by atoms with Crippen LogP contribution in [-0.2, 0) is 7.05 Å². The summed E-state index contributed by atoms with van der Waals surface area (Å²) in [7, 11) is 1.82. The van der Waals surface area contributed by atoms with Crippen molar-refractivity contribution in [2.24, 2.45) is 7.05 Å². The second-order valence-corrected chi connectivity index (χ2v) is 3.66. The second kappa shape index (κ2) is 4.02. The molecule has 0 aromatic carbocycles. The van der Waals surface area contributed by atoms with Gasteiger partial charge >= 0.3 is 0 Å². The van der Waals surface area contributed by atoms with Gasteiger partial charge in [0.25, 0.3) is 0 Å². The molecule has 5 nitrogen and oxygen atoms in total. The second-order valence-electron chi connectivity index (χ2n) is 3.30. The van der Waals surface area contributed by atoms with E-state index in [0.717, 1.165) is 0 Å². The third kappa shape index (κ3) is 1.69. The molecular weight excluding hydrogens is 228 g/mol. The van der Waals surface area contributed by atoms with Crippen LogP contribution in [0.4, 0.5) is 0 Å². The molecule has 0 aliphatic rings. The molecule has 0 amide bonds. The van der Waals surface area contributed by atoms with Gasteiger partial charge in [0, 0.05) is 19.4 Å². The first-order chi connectivity index (χ1) is 7.63. The van der Waals surface area contributed by atoms with E-state index in [4.69, 9.17) is 11.6 Å². The summed E-state index contributed by atoms with van der Waals surface area (Å²) in [5, 5.41) is 0.153. The van der Waals surface area contributed by atoms with Gasteiger partial charge in [0.05, 0.1) is 5.56 Å². The van der Waals surface area contributed by atoms with Crippen LogP contribution >= 0.6 is 11.6 Å². The number of carbonyl (C=O) groups excluding carboxylic acids is 1. The fourth-order valence-corrected chi connectivity index (χ4v) is 1.67. The summed E-state index contributed by atoms with van der Waals surface area (Å²) in [5.74, 6) is 1.10. The highest BCUT2D eigenvalue weighted by atomic mass is 35.5. The molecular formula is C10H9ClN4O. The molecule has 6 heteroatoms. The summed E-state index contributed by atoms with van der Waals surface area (Å²) in [6.07, 6.45) is 4.05. The molecule has 0 aliphatic carbocycles. The van der Waals surface area contributed by atoms with Crippen molar-refractivity contribution in [2.45, 2.75) is 6.92 Å². The average Bonchev–Trinajstić information content (AvgIpc) is 2.63. The highest BCUT2D eigenvalue weighted by Gasteiger charge is 2.15. The first kappa shape index (κ1) is 10.8. The minimum absolute atomic E-state index is 0.153. The topological polar surface area (TPSA) is 60.7 Å². The number of hydrogen-bond acceptors (Lipinski definition) is 4. The Bertz CT molecular complexity index is 550. The zero-order valence-electron chi connectivity index (χ0n) is 8.81. The monoisotopic (exact) mass is 236 g/mol. The molecule has 0 aliphatic heterocycles. The van der Waals surface area contributed by atoms with E-state index in [1.807, 2.05) is 7.05 Å². The largest absolute Gasteiger partial charge is 0.333 e. The molecule has 0 N–H and O–H groups in total. The van der Waals surface area contributed by atoms with Crippen LogP contribution in [0, 0.1) is 6.92 Å². The van der Waals surface area contributed by atoms with Gasteiger partial charge < -0.3 is 4.57 Å². The Morgan fingerprint density at radius 2 is 2.19 bits per heavy atom. The lowest BCUT2D eigenvalue weighted by atomic mass is 10.2. The van der Waals surface area contributed by atoms with Crippen molar-refractivity contribution in [1.82, 2.24) is 19.5 Å². The van der Waals surface area contributed by atoms with Crippen LogP contribution in [0.1, 0.15) is 16.2 Å². The van der Waals surface area contributed by atoms with Gasteiger partial charge in [-0.25, -0.2) is 15.0 Å². The zero-order chi connectivity index (χ0) is 11.7. The lowest BCUT2D eigenvalue weighted by Crippen LogP contribution is -2.03. The van der Waals surface area contributed by atoms with Gasteiger partial charge in [-0.15, -0.1) is 0 Å². The third-order valence-corrected chi connectivity index (χ3v) is 2.45. The molecule has 0 radical (unpaired) electrons. The van der Waals surface area contributed by atoms with Gasteiger partial charge in [0.2, 0.25) is 0 Å². The van der Waals surface area contributed by atoms with E-state index in [1.165, 1.54) is 0 Å². The van der Waals surface area contributed by atoms with E-state index in [2.05, 4.69) is 15.0 Å². The fraction of sp³-hybridized carbons (Fsp3) is 0.200. The van der Waals surface area contributed by atoms with E-state index in [-0.39, 0.29) is 10.7 Å². The quantitative estimate of drug-likeness (QED) is 0.588. The smallest absolute Gasteiger partial charge is 0.159 e. The Morgan fingerprint density at radius 3 is 2.75 bits per heavy atom. The number of aromatic nitrogens is 4. The van der Waals surface area contributed by atoms with Gasteiger partial charge in [0.1, 0.15) is 16.7 Å². The van der Waals surface area contributed by atoms with E-state index < -0.39 is 0 Å². The fourth-order valence-electron chi connectivity index (χ4n) is 1.42. The number of aldehydes is 1. The van der Waals surface area contributed by atoms with Crippen LogP contribution in [0.3, 0.4) is 0 Å². The van der Waals surface area contributed by atoms with Gasteiger partial charge in [-0.2, -0.15) is 0 Å². The highest BCUT2D eigenvalue weighted by Crippen LogP contribution is 2.23. The number of halogens is 1. The molecule has 0 unspecified atom stereocenters. The lowest BCUT2D eigenvalue weighted by molar-refractivity contribution is 0.112. The Kier molecular flexibility index (Phi) is 2.70. The van der Waals surface area contributed by atoms with Crippen molar-refractivity contribution >= 4 is 17.9 Å². The molecule has 2 aromatic rings. The molecule has 0 atom stereocenters. The van der Waals surface area contributed by atoms with Gasteiger partial charge in [-0.05, 0) is 6.92 Å². The first-order valence-electron chi connectivity index (χ1n) is 4.60. The minimum Gasteiger partial charge on any atom is -0.333 e. The molecule has 0 bridgehead atoms. The third-order valence-electron chi connectivity index (χ3n) is 2.16. The molecule has 2 heterocycles.